The minimum atomic E-state index is -0.747. The van der Waals surface area contributed by atoms with Gasteiger partial charge in [-0.05, 0) is 40.2 Å². The first-order valence-corrected chi connectivity index (χ1v) is 8.84. The first-order chi connectivity index (χ1) is 11.5. The van der Waals surface area contributed by atoms with Crippen LogP contribution in [0.3, 0.4) is 0 Å². The maximum atomic E-state index is 11.7. The molecule has 0 fully saturated rings. The van der Waals surface area contributed by atoms with Crippen molar-refractivity contribution in [3.05, 3.63) is 57.2 Å². The Morgan fingerprint density at radius 3 is 2.54 bits per heavy atom. The molecule has 3 aromatic rings. The van der Waals surface area contributed by atoms with Gasteiger partial charge < -0.3 is 14.9 Å². The van der Waals surface area contributed by atoms with Crippen molar-refractivity contribution in [2.24, 2.45) is 5.73 Å². The van der Waals surface area contributed by atoms with Gasteiger partial charge in [0.15, 0.2) is 0 Å². The van der Waals surface area contributed by atoms with Crippen LogP contribution in [0.1, 0.15) is 5.69 Å². The fourth-order valence-electron chi connectivity index (χ4n) is 2.54. The molecule has 0 bridgehead atoms. The molecule has 3 rings (SSSR count). The number of hydrogen-bond acceptors (Lipinski definition) is 4. The number of benzene rings is 1. The first-order valence-electron chi connectivity index (χ1n) is 7.25. The second-order valence-corrected chi connectivity index (χ2v) is 7.15. The Morgan fingerprint density at radius 2 is 1.88 bits per heavy atom. The van der Waals surface area contributed by atoms with Crippen molar-refractivity contribution in [3.63, 3.8) is 0 Å². The van der Waals surface area contributed by atoms with Gasteiger partial charge in [-0.25, -0.2) is 4.98 Å². The van der Waals surface area contributed by atoms with Crippen LogP contribution in [-0.2, 0) is 16.0 Å². The Kier molecular flexibility index (Phi) is 5.03. The molecule has 1 unspecified atom stereocenters. The minimum Gasteiger partial charge on any atom is -0.468 e. The summed E-state index contributed by atoms with van der Waals surface area (Å²) in [4.78, 5) is 16.5. The Morgan fingerprint density at radius 1 is 1.21 bits per heavy atom. The molecule has 0 amide bonds. The van der Waals surface area contributed by atoms with Gasteiger partial charge in [0.1, 0.15) is 11.7 Å². The van der Waals surface area contributed by atoms with Crippen LogP contribution in [0.15, 0.2) is 51.5 Å². The third kappa shape index (κ3) is 3.38. The van der Waals surface area contributed by atoms with Gasteiger partial charge in [-0.3, -0.25) is 4.79 Å². The van der Waals surface area contributed by atoms with Crippen LogP contribution in [0.5, 0.6) is 0 Å². The lowest BCUT2D eigenvalue weighted by Gasteiger charge is -2.11. The molecule has 7 heteroatoms. The molecule has 2 N–H and O–H groups in total. The monoisotopic (exact) mass is 451 g/mol. The maximum Gasteiger partial charge on any atom is 0.323 e. The summed E-state index contributed by atoms with van der Waals surface area (Å²) in [5.74, 6) is -0.443. The summed E-state index contributed by atoms with van der Waals surface area (Å²) in [6.45, 7) is 0. The van der Waals surface area contributed by atoms with E-state index in [4.69, 9.17) is 15.5 Å². The first kappa shape index (κ1) is 17.1. The van der Waals surface area contributed by atoms with Crippen LogP contribution in [-0.4, -0.2) is 28.5 Å². The van der Waals surface area contributed by atoms with Crippen molar-refractivity contribution in [1.29, 1.82) is 0 Å². The smallest absolute Gasteiger partial charge is 0.323 e. The molecule has 1 atom stereocenters. The lowest BCUT2D eigenvalue weighted by atomic mass is 10.1. The zero-order valence-electron chi connectivity index (χ0n) is 12.9. The molecule has 1 aromatic carbocycles. The number of fused-ring (bicyclic) bond motifs is 1. The molecule has 0 aliphatic heterocycles. The molecule has 124 valence electrons. The molecule has 0 radical (unpaired) electrons. The highest BCUT2D eigenvalue weighted by Crippen LogP contribution is 2.28. The van der Waals surface area contributed by atoms with Gasteiger partial charge in [0.2, 0.25) is 0 Å². The Balaban J connectivity index is 2.15. The zero-order valence-corrected chi connectivity index (χ0v) is 16.0. The number of nitrogens with zero attached hydrogens (tertiary/aromatic N) is 2. The van der Waals surface area contributed by atoms with Crippen LogP contribution >= 0.6 is 31.9 Å². The van der Waals surface area contributed by atoms with Gasteiger partial charge in [0.05, 0.1) is 18.5 Å². The molecule has 2 aromatic heterocycles. The fourth-order valence-corrected chi connectivity index (χ4v) is 3.15. The van der Waals surface area contributed by atoms with E-state index in [-0.39, 0.29) is 0 Å². The highest BCUT2D eigenvalue weighted by molar-refractivity contribution is 9.10. The standard InChI is InChI=1S/C17H15Br2N3O2/c1-24-17(23)13(20)8-14-16(10-2-4-11(18)5-3-10)21-15-7-6-12(19)9-22(14)15/h2-7,9,13H,8,20H2,1H3. The maximum absolute atomic E-state index is 11.7. The van der Waals surface area contributed by atoms with Crippen LogP contribution < -0.4 is 5.73 Å². The summed E-state index contributed by atoms with van der Waals surface area (Å²) in [7, 11) is 1.34. The third-order valence-electron chi connectivity index (χ3n) is 3.72. The van der Waals surface area contributed by atoms with Crippen molar-refractivity contribution in [2.75, 3.05) is 7.11 Å². The van der Waals surface area contributed by atoms with E-state index in [1.807, 2.05) is 47.0 Å². The molecule has 0 spiro atoms. The van der Waals surface area contributed by atoms with Gasteiger partial charge in [0, 0.05) is 27.1 Å². The molecular formula is C17H15Br2N3O2. The van der Waals surface area contributed by atoms with E-state index in [9.17, 15) is 4.79 Å². The molecule has 24 heavy (non-hydrogen) atoms. The minimum absolute atomic E-state index is 0.329. The molecule has 0 aliphatic rings. The van der Waals surface area contributed by atoms with Crippen molar-refractivity contribution in [1.82, 2.24) is 9.38 Å². The van der Waals surface area contributed by atoms with E-state index in [0.717, 1.165) is 31.5 Å². The largest absolute Gasteiger partial charge is 0.468 e. The topological polar surface area (TPSA) is 69.6 Å². The van der Waals surface area contributed by atoms with E-state index >= 15 is 0 Å². The predicted octanol–water partition coefficient (Wildman–Crippen LogP) is 3.57. The number of halogens is 2. The summed E-state index contributed by atoms with van der Waals surface area (Å²) >= 11 is 6.91. The Hall–Kier alpha value is -1.70. The number of rotatable bonds is 4. The molecular weight excluding hydrogens is 438 g/mol. The van der Waals surface area contributed by atoms with E-state index < -0.39 is 12.0 Å². The number of nitrogens with two attached hydrogens (primary N) is 1. The number of carbonyl (C=O) groups excluding carboxylic acids is 1. The Bertz CT molecular complexity index is 891. The number of imidazole rings is 1. The average Bonchev–Trinajstić information content (AvgIpc) is 2.92. The molecule has 0 saturated heterocycles. The third-order valence-corrected chi connectivity index (χ3v) is 4.71. The highest BCUT2D eigenvalue weighted by Gasteiger charge is 2.21. The average molecular weight is 453 g/mol. The lowest BCUT2D eigenvalue weighted by Crippen LogP contribution is -2.34. The second-order valence-electron chi connectivity index (χ2n) is 5.32. The predicted molar refractivity (Wildman–Crippen MR) is 99.7 cm³/mol. The number of carbonyl (C=O) groups is 1. The van der Waals surface area contributed by atoms with E-state index in [0.29, 0.717) is 6.42 Å². The van der Waals surface area contributed by atoms with Crippen LogP contribution in [0.2, 0.25) is 0 Å². The normalized spacial score (nSPS) is 12.3. The summed E-state index contributed by atoms with van der Waals surface area (Å²) < 4.78 is 8.61. The number of hydrogen-bond donors (Lipinski definition) is 1. The number of esters is 1. The molecule has 0 saturated carbocycles. The van der Waals surface area contributed by atoms with E-state index in [2.05, 4.69) is 31.9 Å². The summed E-state index contributed by atoms with van der Waals surface area (Å²) in [6.07, 6.45) is 2.25. The second kappa shape index (κ2) is 7.04. The summed E-state index contributed by atoms with van der Waals surface area (Å²) in [5.41, 5.74) is 9.41. The van der Waals surface area contributed by atoms with E-state index in [1.54, 1.807) is 0 Å². The fraction of sp³-hybridized carbons (Fsp3) is 0.176. The van der Waals surface area contributed by atoms with Crippen LogP contribution in [0, 0.1) is 0 Å². The summed E-state index contributed by atoms with van der Waals surface area (Å²) in [6, 6.07) is 11.0. The van der Waals surface area contributed by atoms with Crippen molar-refractivity contribution >= 4 is 43.5 Å². The Labute approximate surface area is 156 Å². The molecule has 0 aliphatic carbocycles. The number of methoxy groups -OCH3 is 1. The summed E-state index contributed by atoms with van der Waals surface area (Å²) in [5, 5.41) is 0. The van der Waals surface area contributed by atoms with Crippen LogP contribution in [0.25, 0.3) is 16.9 Å². The molecule has 2 heterocycles. The van der Waals surface area contributed by atoms with Gasteiger partial charge in [-0.15, -0.1) is 0 Å². The molecule has 5 nitrogen and oxygen atoms in total. The van der Waals surface area contributed by atoms with Crippen molar-refractivity contribution < 1.29 is 9.53 Å². The van der Waals surface area contributed by atoms with Gasteiger partial charge in [0.25, 0.3) is 0 Å². The van der Waals surface area contributed by atoms with Gasteiger partial charge >= 0.3 is 5.97 Å². The van der Waals surface area contributed by atoms with Crippen molar-refractivity contribution in [2.45, 2.75) is 12.5 Å². The van der Waals surface area contributed by atoms with Gasteiger partial charge in [-0.2, -0.15) is 0 Å². The quantitative estimate of drug-likeness (QED) is 0.614. The zero-order chi connectivity index (χ0) is 17.3. The lowest BCUT2D eigenvalue weighted by molar-refractivity contribution is -0.142. The highest BCUT2D eigenvalue weighted by atomic mass is 79.9. The van der Waals surface area contributed by atoms with E-state index in [1.165, 1.54) is 7.11 Å². The van der Waals surface area contributed by atoms with Crippen molar-refractivity contribution in [3.8, 4) is 11.3 Å². The van der Waals surface area contributed by atoms with Crippen LogP contribution in [0.4, 0.5) is 0 Å². The number of pyridine rings is 1. The SMILES string of the molecule is COC(=O)C(N)Cc1c(-c2ccc(Br)cc2)nc2ccc(Br)cn12. The number of aromatic nitrogens is 2. The van der Waals surface area contributed by atoms with Gasteiger partial charge in [-0.1, -0.05) is 28.1 Å². The number of ether oxygens (including phenoxy) is 1.